The number of hydrogen-bond donors (Lipinski definition) is 1. The van der Waals surface area contributed by atoms with Crippen LogP contribution in [0.25, 0.3) is 0 Å². The van der Waals surface area contributed by atoms with Gasteiger partial charge in [-0.05, 0) is 27.4 Å². The summed E-state index contributed by atoms with van der Waals surface area (Å²) in [7, 11) is 4.02. The smallest absolute Gasteiger partial charge is 0.218 e. The summed E-state index contributed by atoms with van der Waals surface area (Å²) in [5.74, 6) is 2.03. The van der Waals surface area contributed by atoms with Gasteiger partial charge in [-0.25, -0.2) is 4.98 Å². The van der Waals surface area contributed by atoms with Gasteiger partial charge >= 0.3 is 0 Å². The van der Waals surface area contributed by atoms with Gasteiger partial charge in [0.1, 0.15) is 19.0 Å². The maximum absolute atomic E-state index is 5.67. The van der Waals surface area contributed by atoms with E-state index in [9.17, 15) is 0 Å². The van der Waals surface area contributed by atoms with Crippen molar-refractivity contribution in [1.82, 2.24) is 14.9 Å². The Kier molecular flexibility index (Phi) is 7.91. The van der Waals surface area contributed by atoms with Crippen molar-refractivity contribution in [1.29, 1.82) is 0 Å². The van der Waals surface area contributed by atoms with E-state index in [2.05, 4.69) is 27.1 Å². The van der Waals surface area contributed by atoms with Crippen LogP contribution in [0.1, 0.15) is 26.1 Å². The van der Waals surface area contributed by atoms with Gasteiger partial charge in [-0.15, -0.1) is 0 Å². The van der Waals surface area contributed by atoms with E-state index in [1.165, 1.54) is 0 Å². The van der Waals surface area contributed by atoms with Crippen LogP contribution in [0.4, 0.5) is 5.82 Å². The molecule has 0 radical (unpaired) electrons. The van der Waals surface area contributed by atoms with Crippen molar-refractivity contribution in [2.24, 2.45) is 0 Å². The highest BCUT2D eigenvalue weighted by molar-refractivity contribution is 5.38. The fourth-order valence-electron chi connectivity index (χ4n) is 1.48. The highest BCUT2D eigenvalue weighted by atomic mass is 16.5. The van der Waals surface area contributed by atoms with Crippen molar-refractivity contribution < 1.29 is 9.47 Å². The number of nitrogens with zero attached hydrogens (tertiary/aromatic N) is 3. The average Bonchev–Trinajstić information content (AvgIpc) is 2.42. The minimum atomic E-state index is 0.405. The molecule has 1 aromatic rings. The Morgan fingerprint density at radius 3 is 2.70 bits per heavy atom. The molecule has 0 saturated carbocycles. The Labute approximate surface area is 121 Å². The number of rotatable bonds is 10. The second kappa shape index (κ2) is 9.50. The van der Waals surface area contributed by atoms with Crippen LogP contribution in [0.5, 0.6) is 5.88 Å². The molecule has 0 fully saturated rings. The second-order valence-corrected chi connectivity index (χ2v) is 4.72. The van der Waals surface area contributed by atoms with E-state index < -0.39 is 0 Å². The van der Waals surface area contributed by atoms with Gasteiger partial charge in [0.05, 0.1) is 0 Å². The van der Waals surface area contributed by atoms with Crippen molar-refractivity contribution >= 4 is 5.82 Å². The van der Waals surface area contributed by atoms with E-state index in [-0.39, 0.29) is 0 Å². The number of hydrogen-bond acceptors (Lipinski definition) is 6. The van der Waals surface area contributed by atoms with Crippen LogP contribution in [0.2, 0.25) is 0 Å². The van der Waals surface area contributed by atoms with Crippen molar-refractivity contribution in [3.05, 3.63) is 11.9 Å². The summed E-state index contributed by atoms with van der Waals surface area (Å²) in [5.41, 5.74) is 0. The Balaban J connectivity index is 2.68. The van der Waals surface area contributed by atoms with E-state index in [1.807, 2.05) is 27.1 Å². The van der Waals surface area contributed by atoms with Crippen LogP contribution < -0.4 is 10.1 Å². The van der Waals surface area contributed by atoms with Crippen molar-refractivity contribution in [3.63, 3.8) is 0 Å². The normalized spacial score (nSPS) is 10.8. The zero-order valence-corrected chi connectivity index (χ0v) is 13.0. The first-order valence-electron chi connectivity index (χ1n) is 7.12. The first-order valence-corrected chi connectivity index (χ1v) is 7.12. The first kappa shape index (κ1) is 16.7. The molecule has 20 heavy (non-hydrogen) atoms. The molecule has 0 atom stereocenters. The molecule has 114 valence electrons. The highest BCUT2D eigenvalue weighted by Crippen LogP contribution is 2.14. The van der Waals surface area contributed by atoms with Crippen LogP contribution in [0.3, 0.4) is 0 Å². The molecule has 0 aliphatic rings. The monoisotopic (exact) mass is 282 g/mol. The molecular weight excluding hydrogens is 256 g/mol. The third kappa shape index (κ3) is 6.68. The summed E-state index contributed by atoms with van der Waals surface area (Å²) in [6.07, 6.45) is 1.04. The quantitative estimate of drug-likeness (QED) is 0.706. The second-order valence-electron chi connectivity index (χ2n) is 4.72. The summed E-state index contributed by atoms with van der Waals surface area (Å²) in [4.78, 5) is 10.8. The number of nitrogens with one attached hydrogen (secondary N) is 1. The van der Waals surface area contributed by atoms with Gasteiger partial charge in [-0.1, -0.05) is 6.92 Å². The third-order valence-electron chi connectivity index (χ3n) is 2.53. The maximum Gasteiger partial charge on any atom is 0.218 e. The van der Waals surface area contributed by atoms with Gasteiger partial charge in [-0.3, -0.25) is 0 Å². The molecule has 0 bridgehead atoms. The Hall–Kier alpha value is -1.40. The summed E-state index contributed by atoms with van der Waals surface area (Å²) in [5, 5.41) is 3.25. The minimum absolute atomic E-state index is 0.405. The highest BCUT2D eigenvalue weighted by Gasteiger charge is 2.06. The lowest BCUT2D eigenvalue weighted by Gasteiger charge is -2.12. The summed E-state index contributed by atoms with van der Waals surface area (Å²) in [6, 6.07) is 1.83. The van der Waals surface area contributed by atoms with Gasteiger partial charge in [0.2, 0.25) is 5.88 Å². The largest absolute Gasteiger partial charge is 0.476 e. The van der Waals surface area contributed by atoms with E-state index in [1.54, 1.807) is 0 Å². The molecule has 0 aliphatic carbocycles. The number of anilines is 1. The predicted molar refractivity (Wildman–Crippen MR) is 80.2 cm³/mol. The van der Waals surface area contributed by atoms with E-state index in [0.717, 1.165) is 25.3 Å². The molecule has 0 unspecified atom stereocenters. The third-order valence-corrected chi connectivity index (χ3v) is 2.53. The van der Waals surface area contributed by atoms with Crippen molar-refractivity contribution in [3.8, 4) is 5.88 Å². The Morgan fingerprint density at radius 2 is 2.05 bits per heavy atom. The topological polar surface area (TPSA) is 59.5 Å². The van der Waals surface area contributed by atoms with Crippen LogP contribution in [0, 0.1) is 0 Å². The van der Waals surface area contributed by atoms with Crippen LogP contribution in [0.15, 0.2) is 6.07 Å². The van der Waals surface area contributed by atoms with E-state index in [4.69, 9.17) is 9.47 Å². The maximum atomic E-state index is 5.67. The number of ether oxygens (including phenoxy) is 2. The zero-order chi connectivity index (χ0) is 14.8. The Bertz CT molecular complexity index is 359. The van der Waals surface area contributed by atoms with Gasteiger partial charge in [0, 0.05) is 25.8 Å². The molecule has 0 spiro atoms. The lowest BCUT2D eigenvalue weighted by molar-refractivity contribution is 0.127. The zero-order valence-electron chi connectivity index (χ0n) is 13.0. The molecule has 0 saturated heterocycles. The van der Waals surface area contributed by atoms with Crippen LogP contribution >= 0.6 is 0 Å². The SMILES string of the molecule is CCCNc1cc(OCCN(C)C)nc(COCC)n1. The molecule has 1 N–H and O–H groups in total. The van der Waals surface area contributed by atoms with Crippen LogP contribution in [-0.2, 0) is 11.3 Å². The molecular formula is C14H26N4O2. The minimum Gasteiger partial charge on any atom is -0.476 e. The molecule has 0 aromatic carbocycles. The van der Waals surface area contributed by atoms with Crippen molar-refractivity contribution in [2.75, 3.05) is 45.7 Å². The van der Waals surface area contributed by atoms with Gasteiger partial charge < -0.3 is 19.7 Å². The summed E-state index contributed by atoms with van der Waals surface area (Å²) in [6.45, 7) is 7.45. The van der Waals surface area contributed by atoms with Gasteiger partial charge in [-0.2, -0.15) is 4.98 Å². The number of aromatic nitrogens is 2. The fourth-order valence-corrected chi connectivity index (χ4v) is 1.48. The molecule has 6 heteroatoms. The van der Waals surface area contributed by atoms with Gasteiger partial charge in [0.25, 0.3) is 0 Å². The molecule has 1 heterocycles. The van der Waals surface area contributed by atoms with Crippen LogP contribution in [-0.4, -0.2) is 55.3 Å². The van der Waals surface area contributed by atoms with E-state index >= 15 is 0 Å². The summed E-state index contributed by atoms with van der Waals surface area (Å²) < 4.78 is 11.0. The van der Waals surface area contributed by atoms with E-state index in [0.29, 0.717) is 31.5 Å². The average molecular weight is 282 g/mol. The predicted octanol–water partition coefficient (Wildman–Crippen LogP) is 1.78. The molecule has 6 nitrogen and oxygen atoms in total. The standard InChI is InChI=1S/C14H26N4O2/c1-5-7-15-12-10-14(20-9-8-18(3)4)17-13(16-12)11-19-6-2/h10H,5-9,11H2,1-4H3,(H,15,16,17). The lowest BCUT2D eigenvalue weighted by Crippen LogP contribution is -2.20. The van der Waals surface area contributed by atoms with Crippen molar-refractivity contribution in [2.45, 2.75) is 26.9 Å². The lowest BCUT2D eigenvalue weighted by atomic mass is 10.4. The molecule has 1 aromatic heterocycles. The molecule has 1 rings (SSSR count). The Morgan fingerprint density at radius 1 is 1.25 bits per heavy atom. The molecule has 0 amide bonds. The molecule has 0 aliphatic heterocycles. The summed E-state index contributed by atoms with van der Waals surface area (Å²) >= 11 is 0. The number of likely N-dealkylation sites (N-methyl/N-ethyl adjacent to an activating group) is 1. The van der Waals surface area contributed by atoms with Gasteiger partial charge in [0.15, 0.2) is 5.82 Å². The first-order chi connectivity index (χ1) is 9.65. The fraction of sp³-hybridized carbons (Fsp3) is 0.714.